The summed E-state index contributed by atoms with van der Waals surface area (Å²) in [7, 11) is 0. The van der Waals surface area contributed by atoms with Crippen molar-refractivity contribution < 1.29 is 9.18 Å². The number of carbonyl (C=O) groups excluding carboxylic acids is 1. The number of nitrogens with zero attached hydrogens (tertiary/aromatic N) is 2. The Labute approximate surface area is 169 Å². The summed E-state index contributed by atoms with van der Waals surface area (Å²) in [6.07, 6.45) is 0.791. The Morgan fingerprint density at radius 2 is 1.79 bits per heavy atom. The minimum absolute atomic E-state index is 0.109. The molecule has 0 atom stereocenters. The molecule has 5 heteroatoms. The zero-order valence-corrected chi connectivity index (χ0v) is 16.5. The molecule has 0 saturated carbocycles. The van der Waals surface area contributed by atoms with Gasteiger partial charge in [-0.05, 0) is 40.8 Å². The van der Waals surface area contributed by atoms with Gasteiger partial charge in [0.15, 0.2) is 0 Å². The van der Waals surface area contributed by atoms with E-state index >= 15 is 0 Å². The van der Waals surface area contributed by atoms with Gasteiger partial charge < -0.3 is 4.90 Å². The molecule has 3 aromatic rings. The van der Waals surface area contributed by atoms with Crippen molar-refractivity contribution >= 4 is 17.2 Å². The molecule has 0 spiro atoms. The number of halogens is 1. The number of benzene rings is 2. The van der Waals surface area contributed by atoms with Crippen LogP contribution in [0.3, 0.4) is 0 Å². The molecule has 4 rings (SSSR count). The van der Waals surface area contributed by atoms with Crippen molar-refractivity contribution in [2.45, 2.75) is 13.0 Å². The lowest BCUT2D eigenvalue weighted by molar-refractivity contribution is 0.0627. The maximum Gasteiger partial charge on any atom is 0.254 e. The van der Waals surface area contributed by atoms with E-state index in [0.29, 0.717) is 13.1 Å². The number of hydrogen-bond donors (Lipinski definition) is 0. The van der Waals surface area contributed by atoms with Crippen LogP contribution in [0.2, 0.25) is 0 Å². The minimum atomic E-state index is -0.200. The van der Waals surface area contributed by atoms with E-state index in [2.05, 4.69) is 16.3 Å². The average Bonchev–Trinajstić information content (AvgIpc) is 3.22. The lowest BCUT2D eigenvalue weighted by atomic mass is 10.0. The SMILES string of the molecule is O=C(c1ccccc1Cc1cccs1)N1CCN(Cc2cccc(F)c2)CC1. The van der Waals surface area contributed by atoms with Gasteiger partial charge in [0.05, 0.1) is 0 Å². The number of amides is 1. The summed E-state index contributed by atoms with van der Waals surface area (Å²) in [5.41, 5.74) is 2.85. The summed E-state index contributed by atoms with van der Waals surface area (Å²) in [5.74, 6) is -0.0915. The van der Waals surface area contributed by atoms with Crippen LogP contribution in [0.4, 0.5) is 4.39 Å². The Morgan fingerprint density at radius 1 is 0.964 bits per heavy atom. The van der Waals surface area contributed by atoms with Gasteiger partial charge in [0.25, 0.3) is 5.91 Å². The summed E-state index contributed by atoms with van der Waals surface area (Å²) < 4.78 is 13.4. The fourth-order valence-corrected chi connectivity index (χ4v) is 4.38. The second-order valence-electron chi connectivity index (χ2n) is 7.11. The smallest absolute Gasteiger partial charge is 0.254 e. The van der Waals surface area contributed by atoms with Crippen molar-refractivity contribution in [3.8, 4) is 0 Å². The summed E-state index contributed by atoms with van der Waals surface area (Å²) in [6.45, 7) is 3.71. The molecule has 1 fully saturated rings. The molecule has 3 nitrogen and oxygen atoms in total. The van der Waals surface area contributed by atoms with Crippen LogP contribution in [0.15, 0.2) is 66.0 Å². The van der Waals surface area contributed by atoms with E-state index in [1.807, 2.05) is 41.3 Å². The first-order chi connectivity index (χ1) is 13.7. The monoisotopic (exact) mass is 394 g/mol. The number of rotatable bonds is 5. The molecule has 0 N–H and O–H groups in total. The Bertz CT molecular complexity index is 933. The molecule has 1 aromatic heterocycles. The van der Waals surface area contributed by atoms with Gasteiger partial charge in [-0.25, -0.2) is 4.39 Å². The molecular weight excluding hydrogens is 371 g/mol. The zero-order chi connectivity index (χ0) is 19.3. The van der Waals surface area contributed by atoms with Crippen LogP contribution < -0.4 is 0 Å². The summed E-state index contributed by atoms with van der Waals surface area (Å²) >= 11 is 1.72. The van der Waals surface area contributed by atoms with Gasteiger partial charge in [-0.3, -0.25) is 9.69 Å². The molecule has 2 heterocycles. The second-order valence-corrected chi connectivity index (χ2v) is 8.14. The lowest BCUT2D eigenvalue weighted by Crippen LogP contribution is -2.48. The molecule has 2 aromatic carbocycles. The van der Waals surface area contributed by atoms with Crippen molar-refractivity contribution in [3.63, 3.8) is 0 Å². The second kappa shape index (κ2) is 8.67. The molecule has 0 bridgehead atoms. The van der Waals surface area contributed by atoms with Crippen LogP contribution in [-0.4, -0.2) is 41.9 Å². The molecule has 1 aliphatic heterocycles. The fraction of sp³-hybridized carbons (Fsp3) is 0.261. The lowest BCUT2D eigenvalue weighted by Gasteiger charge is -2.35. The van der Waals surface area contributed by atoms with Crippen molar-refractivity contribution in [1.82, 2.24) is 9.80 Å². The molecule has 1 amide bonds. The van der Waals surface area contributed by atoms with Crippen molar-refractivity contribution in [1.29, 1.82) is 0 Å². The zero-order valence-electron chi connectivity index (χ0n) is 15.7. The Hall–Kier alpha value is -2.50. The third kappa shape index (κ3) is 4.49. The Morgan fingerprint density at radius 3 is 2.54 bits per heavy atom. The summed E-state index contributed by atoms with van der Waals surface area (Å²) in [5, 5.41) is 2.07. The molecule has 0 radical (unpaired) electrons. The number of hydrogen-bond acceptors (Lipinski definition) is 3. The first kappa shape index (κ1) is 18.8. The topological polar surface area (TPSA) is 23.6 Å². The van der Waals surface area contributed by atoms with Gasteiger partial charge in [0, 0.05) is 49.6 Å². The van der Waals surface area contributed by atoms with E-state index in [0.717, 1.165) is 42.7 Å². The highest BCUT2D eigenvalue weighted by atomic mass is 32.1. The van der Waals surface area contributed by atoms with E-state index in [1.165, 1.54) is 10.9 Å². The van der Waals surface area contributed by atoms with Crippen molar-refractivity contribution in [2.24, 2.45) is 0 Å². The van der Waals surface area contributed by atoms with E-state index in [9.17, 15) is 9.18 Å². The minimum Gasteiger partial charge on any atom is -0.336 e. The first-order valence-corrected chi connectivity index (χ1v) is 10.4. The van der Waals surface area contributed by atoms with Crippen LogP contribution in [0, 0.1) is 5.82 Å². The van der Waals surface area contributed by atoms with Crippen LogP contribution >= 0.6 is 11.3 Å². The van der Waals surface area contributed by atoms with E-state index in [-0.39, 0.29) is 11.7 Å². The largest absolute Gasteiger partial charge is 0.336 e. The normalized spacial score (nSPS) is 15.0. The Kier molecular flexibility index (Phi) is 5.84. The highest BCUT2D eigenvalue weighted by Crippen LogP contribution is 2.20. The molecule has 0 aliphatic carbocycles. The molecule has 1 saturated heterocycles. The van der Waals surface area contributed by atoms with Crippen molar-refractivity contribution in [3.05, 3.63) is 93.4 Å². The average molecular weight is 395 g/mol. The van der Waals surface area contributed by atoms with Crippen LogP contribution in [0.5, 0.6) is 0 Å². The van der Waals surface area contributed by atoms with Crippen LogP contribution in [0.25, 0.3) is 0 Å². The third-order valence-corrected chi connectivity index (χ3v) is 6.02. The van der Waals surface area contributed by atoms with Gasteiger partial charge >= 0.3 is 0 Å². The summed E-state index contributed by atoms with van der Waals surface area (Å²) in [6, 6.07) is 18.8. The highest BCUT2D eigenvalue weighted by molar-refractivity contribution is 7.09. The van der Waals surface area contributed by atoms with E-state index in [1.54, 1.807) is 23.5 Å². The Balaban J connectivity index is 1.39. The van der Waals surface area contributed by atoms with Gasteiger partial charge in [-0.2, -0.15) is 0 Å². The number of carbonyl (C=O) groups is 1. The van der Waals surface area contributed by atoms with E-state index in [4.69, 9.17) is 0 Å². The standard InChI is InChI=1S/C23H23FN2OS/c24-20-7-3-5-18(15-20)17-25-10-12-26(13-11-25)23(27)22-9-2-1-6-19(22)16-21-8-4-14-28-21/h1-9,14-15H,10-13,16-17H2. The number of piperazine rings is 1. The molecule has 1 aliphatic rings. The fourth-order valence-electron chi connectivity index (χ4n) is 3.66. The van der Waals surface area contributed by atoms with Crippen LogP contribution in [-0.2, 0) is 13.0 Å². The van der Waals surface area contributed by atoms with Gasteiger partial charge in [0.1, 0.15) is 5.82 Å². The first-order valence-electron chi connectivity index (χ1n) is 9.55. The third-order valence-electron chi connectivity index (χ3n) is 5.15. The van der Waals surface area contributed by atoms with Crippen molar-refractivity contribution in [2.75, 3.05) is 26.2 Å². The van der Waals surface area contributed by atoms with Gasteiger partial charge in [-0.1, -0.05) is 36.4 Å². The van der Waals surface area contributed by atoms with Gasteiger partial charge in [0.2, 0.25) is 0 Å². The maximum absolute atomic E-state index is 13.4. The molecule has 0 unspecified atom stereocenters. The predicted octanol–water partition coefficient (Wildman–Crippen LogP) is 4.44. The van der Waals surface area contributed by atoms with Crippen LogP contribution in [0.1, 0.15) is 26.4 Å². The highest BCUT2D eigenvalue weighted by Gasteiger charge is 2.23. The molecular formula is C23H23FN2OS. The number of thiophene rings is 1. The predicted molar refractivity (Wildman–Crippen MR) is 111 cm³/mol. The van der Waals surface area contributed by atoms with Gasteiger partial charge in [-0.15, -0.1) is 11.3 Å². The van der Waals surface area contributed by atoms with E-state index < -0.39 is 0 Å². The molecule has 28 heavy (non-hydrogen) atoms. The quantitative estimate of drug-likeness (QED) is 0.639. The molecule has 144 valence electrons. The maximum atomic E-state index is 13.4. The summed E-state index contributed by atoms with van der Waals surface area (Å²) in [4.78, 5) is 18.6.